The third kappa shape index (κ3) is 4.62. The number of thioether (sulfide) groups is 1. The molecule has 0 atom stereocenters. The van der Waals surface area contributed by atoms with E-state index in [4.69, 9.17) is 4.42 Å². The van der Waals surface area contributed by atoms with Crippen LogP contribution in [0.25, 0.3) is 0 Å². The summed E-state index contributed by atoms with van der Waals surface area (Å²) in [4.78, 5) is 12.6. The molecule has 0 unspecified atom stereocenters. The third-order valence-corrected chi connectivity index (χ3v) is 5.63. The molecule has 0 bridgehead atoms. The highest BCUT2D eigenvalue weighted by Crippen LogP contribution is 2.38. The molecule has 0 aliphatic rings. The lowest BCUT2D eigenvalue weighted by atomic mass is 10.0. The van der Waals surface area contributed by atoms with Crippen molar-refractivity contribution in [1.29, 1.82) is 0 Å². The van der Waals surface area contributed by atoms with Crippen LogP contribution in [0.4, 0.5) is 0 Å². The van der Waals surface area contributed by atoms with Crippen LogP contribution in [-0.4, -0.2) is 15.8 Å². The number of carbonyl (C=O) groups is 1. The summed E-state index contributed by atoms with van der Waals surface area (Å²) in [5.41, 5.74) is 1.16. The van der Waals surface area contributed by atoms with Gasteiger partial charge in [-0.3, -0.25) is 4.79 Å². The molecule has 0 fully saturated rings. The summed E-state index contributed by atoms with van der Waals surface area (Å²) in [5, 5.41) is 12.8. The average Bonchev–Trinajstić information content (AvgIpc) is 3.07. The van der Waals surface area contributed by atoms with Crippen LogP contribution in [0, 0.1) is 0 Å². The van der Waals surface area contributed by atoms with Crippen molar-refractivity contribution in [3.05, 3.63) is 54.0 Å². The standard InChI is InChI=1S/C18H23NO3S/c1-3-18(4-2,17(20)21)23-16-9-7-14(8-10-16)12-19-13-15-6-5-11-22-15/h5-11,19H,3-4,12-13H2,1-2H3,(H,20,21). The number of hydrogen-bond acceptors (Lipinski definition) is 4. The number of aliphatic carboxylic acids is 1. The first-order valence-corrected chi connectivity index (χ1v) is 8.65. The Bertz CT molecular complexity index is 604. The van der Waals surface area contributed by atoms with E-state index in [0.29, 0.717) is 19.4 Å². The molecule has 0 amide bonds. The number of carboxylic acid groups (broad SMARTS) is 1. The minimum absolute atomic E-state index is 0.607. The van der Waals surface area contributed by atoms with Gasteiger partial charge in [0.25, 0.3) is 0 Å². The Kier molecular flexibility index (Phi) is 6.30. The minimum Gasteiger partial charge on any atom is -0.480 e. The monoisotopic (exact) mass is 333 g/mol. The van der Waals surface area contributed by atoms with Gasteiger partial charge >= 0.3 is 5.97 Å². The third-order valence-electron chi connectivity index (χ3n) is 3.98. The number of carboxylic acids is 1. The maximum atomic E-state index is 11.6. The highest BCUT2D eigenvalue weighted by molar-refractivity contribution is 8.01. The van der Waals surface area contributed by atoms with E-state index in [9.17, 15) is 9.90 Å². The molecule has 2 rings (SSSR count). The van der Waals surface area contributed by atoms with Crippen molar-refractivity contribution in [2.45, 2.75) is 49.4 Å². The van der Waals surface area contributed by atoms with Gasteiger partial charge in [-0.1, -0.05) is 26.0 Å². The summed E-state index contributed by atoms with van der Waals surface area (Å²) in [7, 11) is 0. The molecule has 0 aliphatic carbocycles. The van der Waals surface area contributed by atoms with Gasteiger partial charge < -0.3 is 14.8 Å². The van der Waals surface area contributed by atoms with Gasteiger partial charge in [0.1, 0.15) is 10.5 Å². The first-order chi connectivity index (χ1) is 11.1. The topological polar surface area (TPSA) is 62.5 Å². The van der Waals surface area contributed by atoms with Crippen molar-refractivity contribution >= 4 is 17.7 Å². The molecule has 0 radical (unpaired) electrons. The number of nitrogens with one attached hydrogen (secondary N) is 1. The summed E-state index contributed by atoms with van der Waals surface area (Å²) < 4.78 is 4.53. The molecule has 1 heterocycles. The number of furan rings is 1. The Labute approximate surface area is 141 Å². The zero-order valence-electron chi connectivity index (χ0n) is 13.5. The molecule has 0 spiro atoms. The Morgan fingerprint density at radius 1 is 1.17 bits per heavy atom. The molecule has 5 heteroatoms. The second kappa shape index (κ2) is 8.22. The molecule has 23 heavy (non-hydrogen) atoms. The van der Waals surface area contributed by atoms with Gasteiger partial charge in [-0.25, -0.2) is 0 Å². The van der Waals surface area contributed by atoms with E-state index in [1.165, 1.54) is 11.8 Å². The van der Waals surface area contributed by atoms with E-state index in [0.717, 1.165) is 22.8 Å². The molecular weight excluding hydrogens is 310 g/mol. The molecule has 124 valence electrons. The minimum atomic E-state index is -0.739. The van der Waals surface area contributed by atoms with Crippen LogP contribution in [0.2, 0.25) is 0 Å². The van der Waals surface area contributed by atoms with Crippen LogP contribution in [0.5, 0.6) is 0 Å². The fraction of sp³-hybridized carbons (Fsp3) is 0.389. The Balaban J connectivity index is 1.92. The van der Waals surface area contributed by atoms with Crippen LogP contribution in [0.15, 0.2) is 52.0 Å². The largest absolute Gasteiger partial charge is 0.480 e. The Morgan fingerprint density at radius 2 is 1.87 bits per heavy atom. The van der Waals surface area contributed by atoms with Crippen molar-refractivity contribution < 1.29 is 14.3 Å². The second-order valence-corrected chi connectivity index (χ2v) is 6.89. The van der Waals surface area contributed by atoms with Crippen molar-refractivity contribution in [3.8, 4) is 0 Å². The second-order valence-electron chi connectivity index (χ2n) is 5.44. The van der Waals surface area contributed by atoms with Crippen molar-refractivity contribution in [2.24, 2.45) is 0 Å². The molecule has 0 aliphatic heterocycles. The summed E-state index contributed by atoms with van der Waals surface area (Å²) in [6.45, 7) is 5.30. The molecular formula is C18H23NO3S. The Hall–Kier alpha value is -1.72. The van der Waals surface area contributed by atoms with E-state index in [1.54, 1.807) is 6.26 Å². The SMILES string of the molecule is CCC(CC)(Sc1ccc(CNCc2ccco2)cc1)C(=O)O. The molecule has 2 aromatic rings. The average molecular weight is 333 g/mol. The van der Waals surface area contributed by atoms with E-state index in [2.05, 4.69) is 5.32 Å². The number of benzene rings is 1. The molecule has 0 saturated heterocycles. The fourth-order valence-electron chi connectivity index (χ4n) is 2.38. The van der Waals surface area contributed by atoms with Crippen LogP contribution in [0.1, 0.15) is 38.0 Å². The Morgan fingerprint density at radius 3 is 2.39 bits per heavy atom. The lowest BCUT2D eigenvalue weighted by molar-refractivity contribution is -0.140. The summed E-state index contributed by atoms with van der Waals surface area (Å²) >= 11 is 1.44. The van der Waals surface area contributed by atoms with Crippen molar-refractivity contribution in [3.63, 3.8) is 0 Å². The van der Waals surface area contributed by atoms with E-state index >= 15 is 0 Å². The predicted molar refractivity (Wildman–Crippen MR) is 92.5 cm³/mol. The van der Waals surface area contributed by atoms with Gasteiger partial charge in [0, 0.05) is 11.4 Å². The summed E-state index contributed by atoms with van der Waals surface area (Å²) in [6.07, 6.45) is 2.88. The lowest BCUT2D eigenvalue weighted by Crippen LogP contribution is -2.33. The van der Waals surface area contributed by atoms with Gasteiger partial charge in [0.15, 0.2) is 0 Å². The maximum absolute atomic E-state index is 11.6. The molecule has 2 N–H and O–H groups in total. The zero-order chi connectivity index (χ0) is 16.7. The summed E-state index contributed by atoms with van der Waals surface area (Å²) in [5.74, 6) is 0.172. The van der Waals surface area contributed by atoms with Crippen molar-refractivity contribution in [1.82, 2.24) is 5.32 Å². The molecule has 1 aromatic heterocycles. The quantitative estimate of drug-likeness (QED) is 0.670. The van der Waals surface area contributed by atoms with Gasteiger partial charge in [0.2, 0.25) is 0 Å². The van der Waals surface area contributed by atoms with Gasteiger partial charge in [0.05, 0.1) is 12.8 Å². The van der Waals surface area contributed by atoms with Crippen molar-refractivity contribution in [2.75, 3.05) is 0 Å². The van der Waals surface area contributed by atoms with E-state index in [-0.39, 0.29) is 0 Å². The fourth-order valence-corrected chi connectivity index (χ4v) is 3.48. The van der Waals surface area contributed by atoms with Gasteiger partial charge in [-0.15, -0.1) is 11.8 Å². The highest BCUT2D eigenvalue weighted by Gasteiger charge is 2.35. The summed E-state index contributed by atoms with van der Waals surface area (Å²) in [6, 6.07) is 11.9. The van der Waals surface area contributed by atoms with Crippen LogP contribution in [-0.2, 0) is 17.9 Å². The van der Waals surface area contributed by atoms with Crippen LogP contribution < -0.4 is 5.32 Å². The highest BCUT2D eigenvalue weighted by atomic mass is 32.2. The molecule has 1 aromatic carbocycles. The van der Waals surface area contributed by atoms with Gasteiger partial charge in [-0.2, -0.15) is 0 Å². The first-order valence-electron chi connectivity index (χ1n) is 7.84. The van der Waals surface area contributed by atoms with Gasteiger partial charge in [-0.05, 0) is 42.7 Å². The normalized spacial score (nSPS) is 11.6. The van der Waals surface area contributed by atoms with Crippen LogP contribution >= 0.6 is 11.8 Å². The number of rotatable bonds is 9. The first kappa shape index (κ1) is 17.6. The maximum Gasteiger partial charge on any atom is 0.320 e. The predicted octanol–water partition coefficient (Wildman–Crippen LogP) is 4.30. The van der Waals surface area contributed by atoms with E-state index < -0.39 is 10.7 Å². The van der Waals surface area contributed by atoms with E-state index in [1.807, 2.05) is 50.2 Å². The molecule has 0 saturated carbocycles. The zero-order valence-corrected chi connectivity index (χ0v) is 14.4. The lowest BCUT2D eigenvalue weighted by Gasteiger charge is -2.26. The smallest absolute Gasteiger partial charge is 0.320 e. The number of hydrogen-bond donors (Lipinski definition) is 2. The van der Waals surface area contributed by atoms with Crippen LogP contribution in [0.3, 0.4) is 0 Å². The molecule has 4 nitrogen and oxygen atoms in total.